The maximum absolute atomic E-state index is 13.6. The molecule has 4 rings (SSSR count). The Kier molecular flexibility index (Phi) is 3.25. The molecule has 0 radical (unpaired) electrons. The molecule has 1 aliphatic carbocycles. The van der Waals surface area contributed by atoms with E-state index in [1.165, 1.54) is 6.07 Å². The quantitative estimate of drug-likeness (QED) is 0.922. The van der Waals surface area contributed by atoms with Gasteiger partial charge in [-0.25, -0.2) is 4.39 Å². The fraction of sp³-hybridized carbons (Fsp3) is 0.444. The molecule has 23 heavy (non-hydrogen) atoms. The van der Waals surface area contributed by atoms with Crippen molar-refractivity contribution in [3.05, 3.63) is 52.1 Å². The first-order chi connectivity index (χ1) is 11.1. The number of amides is 1. The number of fused-ring (bicyclic) bond motifs is 1. The van der Waals surface area contributed by atoms with E-state index >= 15 is 0 Å². The van der Waals surface area contributed by atoms with E-state index in [-0.39, 0.29) is 17.8 Å². The van der Waals surface area contributed by atoms with Gasteiger partial charge in [0.15, 0.2) is 0 Å². The lowest BCUT2D eigenvalue weighted by Crippen LogP contribution is -2.39. The third kappa shape index (κ3) is 2.35. The lowest BCUT2D eigenvalue weighted by molar-refractivity contribution is 0.0675. The van der Waals surface area contributed by atoms with Crippen LogP contribution in [0.4, 0.5) is 4.39 Å². The summed E-state index contributed by atoms with van der Waals surface area (Å²) in [5, 5.41) is 7.31. The van der Waals surface area contributed by atoms with Gasteiger partial charge in [-0.15, -0.1) is 0 Å². The Morgan fingerprint density at radius 1 is 1.39 bits per heavy atom. The molecule has 1 aromatic heterocycles. The van der Waals surface area contributed by atoms with Crippen molar-refractivity contribution in [3.8, 4) is 0 Å². The molecule has 1 atom stereocenters. The molecular formula is C18H20FN3O. The summed E-state index contributed by atoms with van der Waals surface area (Å²) in [5.74, 6) is 0.187. The zero-order valence-corrected chi connectivity index (χ0v) is 13.4. The molecule has 0 bridgehead atoms. The smallest absolute Gasteiger partial charge is 0.258 e. The number of H-pyrrole nitrogens is 1. The van der Waals surface area contributed by atoms with Crippen molar-refractivity contribution in [1.29, 1.82) is 0 Å². The van der Waals surface area contributed by atoms with Gasteiger partial charge in [-0.3, -0.25) is 9.89 Å². The van der Waals surface area contributed by atoms with Gasteiger partial charge in [0.05, 0.1) is 17.3 Å². The number of rotatable bonds is 2. The zero-order chi connectivity index (χ0) is 16.1. The zero-order valence-electron chi connectivity index (χ0n) is 13.4. The Bertz CT molecular complexity index is 779. The molecule has 4 nitrogen and oxygen atoms in total. The largest absolute Gasteiger partial charge is 0.331 e. The number of hydrogen-bond donors (Lipinski definition) is 1. The van der Waals surface area contributed by atoms with E-state index in [4.69, 9.17) is 0 Å². The number of carbonyl (C=O) groups excluding carboxylic acids is 1. The number of nitrogens with one attached hydrogen (secondary N) is 1. The Hall–Kier alpha value is -2.17. The van der Waals surface area contributed by atoms with Crippen LogP contribution in [0.25, 0.3) is 0 Å². The van der Waals surface area contributed by atoms with E-state index < -0.39 is 0 Å². The van der Waals surface area contributed by atoms with Gasteiger partial charge in [0.1, 0.15) is 5.82 Å². The van der Waals surface area contributed by atoms with Crippen LogP contribution in [0.3, 0.4) is 0 Å². The van der Waals surface area contributed by atoms with Crippen LogP contribution in [0.1, 0.15) is 64.6 Å². The number of benzene rings is 1. The van der Waals surface area contributed by atoms with E-state index in [1.807, 2.05) is 24.8 Å². The minimum Gasteiger partial charge on any atom is -0.331 e. The number of aromatic amines is 1. The van der Waals surface area contributed by atoms with Crippen molar-refractivity contribution in [2.75, 3.05) is 6.54 Å². The normalized spacial score (nSPS) is 20.5. The summed E-state index contributed by atoms with van der Waals surface area (Å²) in [6.07, 6.45) is 2.98. The summed E-state index contributed by atoms with van der Waals surface area (Å²) in [5.41, 5.74) is 4.51. The highest BCUT2D eigenvalue weighted by atomic mass is 19.1. The van der Waals surface area contributed by atoms with Gasteiger partial charge in [-0.05, 0) is 56.4 Å². The molecule has 1 aromatic carbocycles. The Morgan fingerprint density at radius 3 is 2.91 bits per heavy atom. The number of aromatic nitrogens is 2. The second kappa shape index (κ2) is 5.18. The van der Waals surface area contributed by atoms with Gasteiger partial charge in [0.2, 0.25) is 0 Å². The van der Waals surface area contributed by atoms with Gasteiger partial charge in [0.25, 0.3) is 5.91 Å². The van der Waals surface area contributed by atoms with Crippen molar-refractivity contribution >= 4 is 5.91 Å². The maximum Gasteiger partial charge on any atom is 0.258 e. The molecule has 1 aliphatic heterocycles. The van der Waals surface area contributed by atoms with Crippen LogP contribution in [0.2, 0.25) is 0 Å². The topological polar surface area (TPSA) is 49.0 Å². The van der Waals surface area contributed by atoms with Crippen LogP contribution < -0.4 is 0 Å². The summed E-state index contributed by atoms with van der Waals surface area (Å²) in [4.78, 5) is 15.0. The molecule has 1 fully saturated rings. The highest BCUT2D eigenvalue weighted by molar-refractivity contribution is 5.97. The van der Waals surface area contributed by atoms with Crippen LogP contribution in [0.5, 0.6) is 0 Å². The number of hydrogen-bond acceptors (Lipinski definition) is 2. The van der Waals surface area contributed by atoms with Gasteiger partial charge in [-0.2, -0.15) is 5.10 Å². The molecule has 2 aromatic rings. The standard InChI is InChI=1S/C18H20FN3O/c1-10-16(17(21-20-10)13-3-4-13)18(23)22-8-7-12-5-6-14(19)9-15(12)11(22)2/h5-6,9,11,13H,3-4,7-8H2,1-2H3,(H,20,21)/t11-/m0/s1. The number of aryl methyl sites for hydroxylation is 1. The van der Waals surface area contributed by atoms with Gasteiger partial charge in [0, 0.05) is 18.2 Å². The monoisotopic (exact) mass is 313 g/mol. The summed E-state index contributed by atoms with van der Waals surface area (Å²) in [6.45, 7) is 4.53. The van der Waals surface area contributed by atoms with Crippen LogP contribution >= 0.6 is 0 Å². The molecule has 5 heteroatoms. The second-order valence-corrected chi connectivity index (χ2v) is 6.65. The number of nitrogens with zero attached hydrogens (tertiary/aromatic N) is 2. The van der Waals surface area contributed by atoms with Gasteiger partial charge in [-0.1, -0.05) is 6.07 Å². The molecule has 2 aliphatic rings. The summed E-state index contributed by atoms with van der Waals surface area (Å²) < 4.78 is 13.6. The van der Waals surface area contributed by atoms with E-state index in [9.17, 15) is 9.18 Å². The van der Waals surface area contributed by atoms with Crippen LogP contribution in [-0.4, -0.2) is 27.5 Å². The van der Waals surface area contributed by atoms with E-state index in [0.717, 1.165) is 47.3 Å². The molecule has 1 amide bonds. The first-order valence-electron chi connectivity index (χ1n) is 8.20. The Morgan fingerprint density at radius 2 is 2.17 bits per heavy atom. The minimum atomic E-state index is -0.247. The fourth-order valence-electron chi connectivity index (χ4n) is 3.58. The highest BCUT2D eigenvalue weighted by Gasteiger charge is 2.36. The number of halogens is 1. The van der Waals surface area contributed by atoms with Crippen molar-refractivity contribution in [2.24, 2.45) is 0 Å². The summed E-state index contributed by atoms with van der Waals surface area (Å²) in [6, 6.07) is 4.77. The van der Waals surface area contributed by atoms with Crippen molar-refractivity contribution in [1.82, 2.24) is 15.1 Å². The lowest BCUT2D eigenvalue weighted by atomic mass is 9.92. The molecule has 0 unspecified atom stereocenters. The van der Waals surface area contributed by atoms with Crippen molar-refractivity contribution in [2.45, 2.75) is 45.1 Å². The van der Waals surface area contributed by atoms with Crippen LogP contribution in [-0.2, 0) is 6.42 Å². The first-order valence-corrected chi connectivity index (χ1v) is 8.20. The predicted octanol–water partition coefficient (Wildman–Crippen LogP) is 3.49. The van der Waals surface area contributed by atoms with Crippen molar-refractivity contribution in [3.63, 3.8) is 0 Å². The molecule has 0 spiro atoms. The molecule has 120 valence electrons. The van der Waals surface area contributed by atoms with E-state index in [2.05, 4.69) is 10.2 Å². The maximum atomic E-state index is 13.6. The third-order valence-electron chi connectivity index (χ3n) is 5.06. The SMILES string of the molecule is Cc1[nH]nc(C2CC2)c1C(=O)N1CCc2ccc(F)cc2[C@@H]1C. The van der Waals surface area contributed by atoms with Gasteiger partial charge < -0.3 is 4.90 Å². The van der Waals surface area contributed by atoms with E-state index in [0.29, 0.717) is 12.5 Å². The molecular weight excluding hydrogens is 293 g/mol. The average Bonchev–Trinajstić information content (AvgIpc) is 3.30. The van der Waals surface area contributed by atoms with Crippen molar-refractivity contribution < 1.29 is 9.18 Å². The second-order valence-electron chi connectivity index (χ2n) is 6.65. The predicted molar refractivity (Wildman–Crippen MR) is 84.9 cm³/mol. The number of carbonyl (C=O) groups is 1. The fourth-order valence-corrected chi connectivity index (χ4v) is 3.58. The van der Waals surface area contributed by atoms with Gasteiger partial charge >= 0.3 is 0 Å². The molecule has 0 saturated heterocycles. The Labute approximate surface area is 134 Å². The Balaban J connectivity index is 1.69. The molecule has 2 heterocycles. The summed E-state index contributed by atoms with van der Waals surface area (Å²) in [7, 11) is 0. The first kappa shape index (κ1) is 14.4. The van der Waals surface area contributed by atoms with Crippen LogP contribution in [0, 0.1) is 12.7 Å². The van der Waals surface area contributed by atoms with Crippen LogP contribution in [0.15, 0.2) is 18.2 Å². The minimum absolute atomic E-state index is 0.0144. The summed E-state index contributed by atoms with van der Waals surface area (Å²) >= 11 is 0. The average molecular weight is 313 g/mol. The van der Waals surface area contributed by atoms with E-state index in [1.54, 1.807) is 6.07 Å². The third-order valence-corrected chi connectivity index (χ3v) is 5.06. The lowest BCUT2D eigenvalue weighted by Gasteiger charge is -2.35. The molecule has 1 N–H and O–H groups in total. The highest BCUT2D eigenvalue weighted by Crippen LogP contribution is 2.42. The molecule has 1 saturated carbocycles.